The number of rotatable bonds is 0. The largest absolute Gasteiger partial charge is 0.456 e. The number of hydrogen-bond acceptors (Lipinski definition) is 1. The summed E-state index contributed by atoms with van der Waals surface area (Å²) in [6.07, 6.45) is 0. The molecule has 0 saturated heterocycles. The lowest BCUT2D eigenvalue weighted by molar-refractivity contribution is 0.632. The molecule has 2 aromatic carbocycles. The standard InChI is InChI=1S/C13H9FO/c1-8-6-10(14)13-9-4-2-3-5-11(9)15-12(13)7-8/h2-7H,1H3. The number of para-hydroxylation sites is 1. The Balaban J connectivity index is 2.61. The summed E-state index contributed by atoms with van der Waals surface area (Å²) in [6.45, 7) is 1.86. The van der Waals surface area contributed by atoms with Gasteiger partial charge in [0.15, 0.2) is 0 Å². The molecule has 0 aliphatic heterocycles. The number of hydrogen-bond donors (Lipinski definition) is 0. The smallest absolute Gasteiger partial charge is 0.138 e. The molecule has 0 amide bonds. The molecule has 0 fully saturated rings. The highest BCUT2D eigenvalue weighted by molar-refractivity contribution is 6.05. The van der Waals surface area contributed by atoms with Crippen molar-refractivity contribution in [1.82, 2.24) is 0 Å². The minimum atomic E-state index is -0.213. The second kappa shape index (κ2) is 2.83. The molecule has 3 rings (SSSR count). The highest BCUT2D eigenvalue weighted by atomic mass is 19.1. The summed E-state index contributed by atoms with van der Waals surface area (Å²) in [7, 11) is 0. The van der Waals surface area contributed by atoms with Crippen LogP contribution < -0.4 is 0 Å². The Morgan fingerprint density at radius 2 is 1.87 bits per heavy atom. The van der Waals surface area contributed by atoms with Crippen LogP contribution in [-0.4, -0.2) is 0 Å². The molecule has 0 saturated carbocycles. The van der Waals surface area contributed by atoms with Crippen molar-refractivity contribution >= 4 is 21.9 Å². The Bertz CT molecular complexity index is 652. The Hall–Kier alpha value is -1.83. The quantitative estimate of drug-likeness (QED) is 0.534. The molecule has 74 valence electrons. The normalized spacial score (nSPS) is 11.3. The lowest BCUT2D eigenvalue weighted by Gasteiger charge is -1.94. The van der Waals surface area contributed by atoms with Gasteiger partial charge in [0.05, 0.1) is 5.39 Å². The minimum Gasteiger partial charge on any atom is -0.456 e. The average molecular weight is 200 g/mol. The van der Waals surface area contributed by atoms with Crippen LogP contribution in [0.5, 0.6) is 0 Å². The van der Waals surface area contributed by atoms with Crippen LogP contribution in [0.1, 0.15) is 5.56 Å². The van der Waals surface area contributed by atoms with Crippen LogP contribution in [0, 0.1) is 12.7 Å². The van der Waals surface area contributed by atoms with Gasteiger partial charge in [-0.25, -0.2) is 4.39 Å². The lowest BCUT2D eigenvalue weighted by Crippen LogP contribution is -1.78. The zero-order chi connectivity index (χ0) is 10.4. The molecular weight excluding hydrogens is 191 g/mol. The van der Waals surface area contributed by atoms with E-state index in [0.29, 0.717) is 11.0 Å². The molecular formula is C13H9FO. The molecule has 15 heavy (non-hydrogen) atoms. The average Bonchev–Trinajstić information content (AvgIpc) is 2.54. The van der Waals surface area contributed by atoms with E-state index < -0.39 is 0 Å². The summed E-state index contributed by atoms with van der Waals surface area (Å²) in [4.78, 5) is 0. The van der Waals surface area contributed by atoms with Crippen LogP contribution in [0.2, 0.25) is 0 Å². The van der Waals surface area contributed by atoms with Crippen molar-refractivity contribution < 1.29 is 8.81 Å². The van der Waals surface area contributed by atoms with E-state index in [4.69, 9.17) is 4.42 Å². The van der Waals surface area contributed by atoms with E-state index in [1.54, 1.807) is 0 Å². The van der Waals surface area contributed by atoms with Crippen LogP contribution in [0.3, 0.4) is 0 Å². The molecule has 2 heteroatoms. The van der Waals surface area contributed by atoms with Crippen molar-refractivity contribution in [3.63, 3.8) is 0 Å². The SMILES string of the molecule is Cc1cc(F)c2c(c1)oc1ccccc12. The monoisotopic (exact) mass is 200 g/mol. The summed E-state index contributed by atoms with van der Waals surface area (Å²) < 4.78 is 19.3. The molecule has 3 aromatic rings. The molecule has 0 bridgehead atoms. The first-order chi connectivity index (χ1) is 7.25. The highest BCUT2D eigenvalue weighted by Gasteiger charge is 2.10. The fourth-order valence-electron chi connectivity index (χ4n) is 1.93. The van der Waals surface area contributed by atoms with E-state index in [2.05, 4.69) is 0 Å². The van der Waals surface area contributed by atoms with Crippen LogP contribution in [0.25, 0.3) is 21.9 Å². The maximum absolute atomic E-state index is 13.8. The maximum Gasteiger partial charge on any atom is 0.138 e. The summed E-state index contributed by atoms with van der Waals surface area (Å²) in [5.41, 5.74) is 2.23. The third-order valence-electron chi connectivity index (χ3n) is 2.57. The molecule has 1 nitrogen and oxygen atoms in total. The van der Waals surface area contributed by atoms with Crippen molar-refractivity contribution in [2.75, 3.05) is 0 Å². The van der Waals surface area contributed by atoms with Gasteiger partial charge in [-0.1, -0.05) is 18.2 Å². The molecule has 0 unspecified atom stereocenters. The maximum atomic E-state index is 13.8. The molecule has 0 aliphatic carbocycles. The van der Waals surface area contributed by atoms with Gasteiger partial charge in [0.2, 0.25) is 0 Å². The Morgan fingerprint density at radius 1 is 1.07 bits per heavy atom. The van der Waals surface area contributed by atoms with Gasteiger partial charge in [-0.15, -0.1) is 0 Å². The molecule has 1 aromatic heterocycles. The second-order valence-corrected chi connectivity index (χ2v) is 3.72. The van der Waals surface area contributed by atoms with E-state index in [9.17, 15) is 4.39 Å². The van der Waals surface area contributed by atoms with E-state index >= 15 is 0 Å². The van der Waals surface area contributed by atoms with Crippen molar-refractivity contribution in [3.8, 4) is 0 Å². The Labute approximate surface area is 86.1 Å². The zero-order valence-electron chi connectivity index (χ0n) is 8.25. The summed E-state index contributed by atoms with van der Waals surface area (Å²) >= 11 is 0. The molecule has 1 heterocycles. The van der Waals surface area contributed by atoms with E-state index in [0.717, 1.165) is 16.5 Å². The summed E-state index contributed by atoms with van der Waals surface area (Å²) in [5.74, 6) is -0.213. The first-order valence-electron chi connectivity index (χ1n) is 4.83. The fourth-order valence-corrected chi connectivity index (χ4v) is 1.93. The van der Waals surface area contributed by atoms with Crippen molar-refractivity contribution in [3.05, 3.63) is 47.8 Å². The van der Waals surface area contributed by atoms with Gasteiger partial charge in [-0.3, -0.25) is 0 Å². The number of furan rings is 1. The third kappa shape index (κ3) is 1.14. The van der Waals surface area contributed by atoms with Gasteiger partial charge in [-0.2, -0.15) is 0 Å². The minimum absolute atomic E-state index is 0.213. The van der Waals surface area contributed by atoms with Gasteiger partial charge in [0.25, 0.3) is 0 Å². The predicted molar refractivity (Wildman–Crippen MR) is 58.4 cm³/mol. The first-order valence-corrected chi connectivity index (χ1v) is 4.83. The summed E-state index contributed by atoms with van der Waals surface area (Å²) in [6, 6.07) is 10.9. The molecule has 0 atom stereocenters. The number of fused-ring (bicyclic) bond motifs is 3. The van der Waals surface area contributed by atoms with Crippen molar-refractivity contribution in [2.24, 2.45) is 0 Å². The molecule has 0 aliphatic rings. The highest BCUT2D eigenvalue weighted by Crippen LogP contribution is 2.31. The van der Waals surface area contributed by atoms with Crippen LogP contribution in [-0.2, 0) is 0 Å². The van der Waals surface area contributed by atoms with E-state index in [1.165, 1.54) is 6.07 Å². The number of aryl methyl sites for hydroxylation is 1. The molecule has 0 N–H and O–H groups in total. The van der Waals surface area contributed by atoms with Crippen molar-refractivity contribution in [1.29, 1.82) is 0 Å². The number of benzene rings is 2. The van der Waals surface area contributed by atoms with Crippen LogP contribution >= 0.6 is 0 Å². The summed E-state index contributed by atoms with van der Waals surface area (Å²) in [5, 5.41) is 1.42. The van der Waals surface area contributed by atoms with Gasteiger partial charge in [0, 0.05) is 5.39 Å². The van der Waals surface area contributed by atoms with Gasteiger partial charge in [0.1, 0.15) is 17.0 Å². The fraction of sp³-hybridized carbons (Fsp3) is 0.0769. The molecule has 0 spiro atoms. The van der Waals surface area contributed by atoms with Gasteiger partial charge < -0.3 is 4.42 Å². The number of halogens is 1. The lowest BCUT2D eigenvalue weighted by atomic mass is 10.1. The van der Waals surface area contributed by atoms with E-state index in [1.807, 2.05) is 37.3 Å². The Morgan fingerprint density at radius 3 is 2.73 bits per heavy atom. The van der Waals surface area contributed by atoms with Crippen LogP contribution in [0.15, 0.2) is 40.8 Å². The predicted octanol–water partition coefficient (Wildman–Crippen LogP) is 4.03. The topological polar surface area (TPSA) is 13.1 Å². The third-order valence-corrected chi connectivity index (χ3v) is 2.57. The van der Waals surface area contributed by atoms with Crippen molar-refractivity contribution in [2.45, 2.75) is 6.92 Å². The van der Waals surface area contributed by atoms with Crippen LogP contribution in [0.4, 0.5) is 4.39 Å². The van der Waals surface area contributed by atoms with E-state index in [-0.39, 0.29) is 5.82 Å². The molecule has 0 radical (unpaired) electrons. The van der Waals surface area contributed by atoms with Gasteiger partial charge in [-0.05, 0) is 30.7 Å². The van der Waals surface area contributed by atoms with Gasteiger partial charge >= 0.3 is 0 Å². The zero-order valence-corrected chi connectivity index (χ0v) is 8.25. The Kier molecular flexibility index (Phi) is 1.60. The second-order valence-electron chi connectivity index (χ2n) is 3.72. The first kappa shape index (κ1) is 8.48.